The molecule has 1 atom stereocenters. The highest BCUT2D eigenvalue weighted by Crippen LogP contribution is 2.24. The Hall–Kier alpha value is -1.86. The van der Waals surface area contributed by atoms with Gasteiger partial charge in [-0.1, -0.05) is 49.6 Å². The monoisotopic (exact) mass is 430 g/mol. The van der Waals surface area contributed by atoms with Crippen molar-refractivity contribution in [1.29, 1.82) is 0 Å². The molecule has 1 fully saturated rings. The molecule has 1 aliphatic rings. The number of carbonyl (C=O) groups excluding carboxylic acids is 1. The number of aromatic nitrogens is 2. The van der Waals surface area contributed by atoms with E-state index in [0.29, 0.717) is 22.6 Å². The van der Waals surface area contributed by atoms with Gasteiger partial charge in [0.05, 0.1) is 16.2 Å². The molecule has 0 radical (unpaired) electrons. The van der Waals surface area contributed by atoms with E-state index < -0.39 is 0 Å². The van der Waals surface area contributed by atoms with Crippen LogP contribution in [0, 0.1) is 0 Å². The van der Waals surface area contributed by atoms with E-state index in [1.807, 2.05) is 45.3 Å². The summed E-state index contributed by atoms with van der Waals surface area (Å²) in [5.41, 5.74) is 0.656. The summed E-state index contributed by atoms with van der Waals surface area (Å²) in [5.74, 6) is 0.0362. The topological polar surface area (TPSA) is 67.2 Å². The second-order valence-electron chi connectivity index (χ2n) is 8.48. The van der Waals surface area contributed by atoms with Gasteiger partial charge < -0.3 is 10.2 Å². The van der Waals surface area contributed by atoms with Gasteiger partial charge in [-0.2, -0.15) is 0 Å². The molecule has 1 aromatic carbocycles. The van der Waals surface area contributed by atoms with Crippen molar-refractivity contribution in [2.45, 2.75) is 74.9 Å². The van der Waals surface area contributed by atoms with Crippen LogP contribution in [-0.2, 0) is 11.3 Å². The molecule has 1 heterocycles. The molecule has 0 bridgehead atoms. The Labute approximate surface area is 183 Å². The van der Waals surface area contributed by atoms with Crippen molar-refractivity contribution in [3.63, 3.8) is 0 Å². The van der Waals surface area contributed by atoms with Crippen LogP contribution in [-0.4, -0.2) is 52.3 Å². The zero-order valence-corrected chi connectivity index (χ0v) is 19.2. The van der Waals surface area contributed by atoms with E-state index in [1.165, 1.54) is 37.4 Å². The third-order valence-electron chi connectivity index (χ3n) is 5.67. The van der Waals surface area contributed by atoms with Crippen molar-refractivity contribution in [1.82, 2.24) is 19.8 Å². The lowest BCUT2D eigenvalue weighted by Gasteiger charge is -2.20. The summed E-state index contributed by atoms with van der Waals surface area (Å²) in [5, 5.41) is 4.18. The number of thioether (sulfide) groups is 1. The number of hydrogen-bond donors (Lipinski definition) is 1. The Morgan fingerprint density at radius 2 is 1.93 bits per heavy atom. The number of carbonyl (C=O) groups is 1. The van der Waals surface area contributed by atoms with Crippen LogP contribution >= 0.6 is 11.8 Å². The van der Waals surface area contributed by atoms with Gasteiger partial charge in [0.2, 0.25) is 5.91 Å². The normalized spacial score (nSPS) is 16.5. The lowest BCUT2D eigenvalue weighted by atomic mass is 10.1. The molecule has 0 unspecified atom stereocenters. The zero-order valence-electron chi connectivity index (χ0n) is 18.4. The molecule has 7 heteroatoms. The summed E-state index contributed by atoms with van der Waals surface area (Å²) in [7, 11) is 4.05. The number of nitrogens with one attached hydrogen (secondary N) is 1. The minimum atomic E-state index is -0.304. The lowest BCUT2D eigenvalue weighted by molar-refractivity contribution is -0.121. The average molecular weight is 431 g/mol. The minimum absolute atomic E-state index is 0.0294. The molecule has 6 nitrogen and oxygen atoms in total. The molecule has 1 aromatic heterocycles. The molecular formula is C23H34N4O2S. The number of fused-ring (bicyclic) bond motifs is 1. The molecule has 164 valence electrons. The van der Waals surface area contributed by atoms with Crippen molar-refractivity contribution in [3.8, 4) is 0 Å². The summed E-state index contributed by atoms with van der Waals surface area (Å²) in [6.07, 6.45) is 7.87. The van der Waals surface area contributed by atoms with E-state index in [9.17, 15) is 9.59 Å². The maximum absolute atomic E-state index is 13.1. The summed E-state index contributed by atoms with van der Waals surface area (Å²) in [4.78, 5) is 32.8. The van der Waals surface area contributed by atoms with Gasteiger partial charge >= 0.3 is 0 Å². The standard InChI is InChI=1S/C23H34N4O2S/c1-17(21(28)24-18-11-6-4-5-7-12-18)30-23-25-20-14-9-8-13-19(20)22(29)27(23)16-10-15-26(2)3/h8-9,13-14,17-18H,4-7,10-12,15-16H2,1-3H3,(H,24,28)/t17-/m0/s1. The van der Waals surface area contributed by atoms with Gasteiger partial charge in [0.1, 0.15) is 0 Å². The van der Waals surface area contributed by atoms with E-state index in [4.69, 9.17) is 4.98 Å². The van der Waals surface area contributed by atoms with Crippen molar-refractivity contribution in [3.05, 3.63) is 34.6 Å². The molecule has 0 spiro atoms. The second kappa shape index (κ2) is 11.0. The van der Waals surface area contributed by atoms with Crippen LogP contribution in [0.15, 0.2) is 34.2 Å². The van der Waals surface area contributed by atoms with Gasteiger partial charge in [-0.3, -0.25) is 14.2 Å². The molecule has 30 heavy (non-hydrogen) atoms. The third-order valence-corrected chi connectivity index (χ3v) is 6.76. The van der Waals surface area contributed by atoms with E-state index in [0.717, 1.165) is 25.8 Å². The number of benzene rings is 1. The summed E-state index contributed by atoms with van der Waals surface area (Å²) >= 11 is 1.39. The molecule has 1 aliphatic carbocycles. The van der Waals surface area contributed by atoms with Crippen LogP contribution in [0.3, 0.4) is 0 Å². The second-order valence-corrected chi connectivity index (χ2v) is 9.79. The molecule has 0 aliphatic heterocycles. The molecular weight excluding hydrogens is 396 g/mol. The molecule has 1 N–H and O–H groups in total. The Balaban J connectivity index is 1.78. The maximum Gasteiger partial charge on any atom is 0.262 e. The predicted octanol–water partition coefficient (Wildman–Crippen LogP) is 3.67. The average Bonchev–Trinajstić information content (AvgIpc) is 2.98. The van der Waals surface area contributed by atoms with Crippen LogP contribution in [0.1, 0.15) is 51.9 Å². The number of rotatable bonds is 8. The number of hydrogen-bond acceptors (Lipinski definition) is 5. The first-order valence-electron chi connectivity index (χ1n) is 11.1. The Bertz CT molecular complexity index is 904. The van der Waals surface area contributed by atoms with Gasteiger partial charge in [0.15, 0.2) is 5.16 Å². The fourth-order valence-electron chi connectivity index (χ4n) is 3.93. The first-order valence-corrected chi connectivity index (χ1v) is 11.9. The fraction of sp³-hybridized carbons (Fsp3) is 0.609. The highest BCUT2D eigenvalue weighted by molar-refractivity contribution is 8.00. The number of nitrogens with zero attached hydrogens (tertiary/aromatic N) is 3. The summed E-state index contributed by atoms with van der Waals surface area (Å²) in [6.45, 7) is 3.39. The molecule has 1 amide bonds. The van der Waals surface area contributed by atoms with Crippen molar-refractivity contribution in [2.24, 2.45) is 0 Å². The van der Waals surface area contributed by atoms with Crippen LogP contribution in [0.4, 0.5) is 0 Å². The smallest absolute Gasteiger partial charge is 0.262 e. The van der Waals surface area contributed by atoms with Gasteiger partial charge in [0, 0.05) is 12.6 Å². The summed E-state index contributed by atoms with van der Waals surface area (Å²) in [6, 6.07) is 7.72. The lowest BCUT2D eigenvalue weighted by Crippen LogP contribution is -2.39. The fourth-order valence-corrected chi connectivity index (χ4v) is 4.88. The van der Waals surface area contributed by atoms with E-state index in [1.54, 1.807) is 4.57 Å². The van der Waals surface area contributed by atoms with Gasteiger partial charge in [0.25, 0.3) is 5.56 Å². The van der Waals surface area contributed by atoms with E-state index in [-0.39, 0.29) is 22.8 Å². The molecule has 1 saturated carbocycles. The van der Waals surface area contributed by atoms with Crippen molar-refractivity contribution < 1.29 is 4.79 Å². The van der Waals surface area contributed by atoms with Crippen LogP contribution < -0.4 is 10.9 Å². The van der Waals surface area contributed by atoms with E-state index >= 15 is 0 Å². The van der Waals surface area contributed by atoms with Crippen LogP contribution in [0.5, 0.6) is 0 Å². The van der Waals surface area contributed by atoms with Gasteiger partial charge in [-0.15, -0.1) is 0 Å². The number of para-hydroxylation sites is 1. The summed E-state index contributed by atoms with van der Waals surface area (Å²) < 4.78 is 1.74. The largest absolute Gasteiger partial charge is 0.352 e. The van der Waals surface area contributed by atoms with Crippen molar-refractivity contribution >= 4 is 28.6 Å². The molecule has 0 saturated heterocycles. The first-order chi connectivity index (χ1) is 14.5. The Morgan fingerprint density at radius 1 is 1.23 bits per heavy atom. The van der Waals surface area contributed by atoms with Gasteiger partial charge in [-0.25, -0.2) is 4.98 Å². The Morgan fingerprint density at radius 3 is 2.63 bits per heavy atom. The SMILES string of the molecule is C[C@H](Sc1nc2ccccc2c(=O)n1CCCN(C)C)C(=O)NC1CCCCCC1. The predicted molar refractivity (Wildman–Crippen MR) is 124 cm³/mol. The van der Waals surface area contributed by atoms with E-state index in [2.05, 4.69) is 10.2 Å². The van der Waals surface area contributed by atoms with Crippen molar-refractivity contribution in [2.75, 3.05) is 20.6 Å². The molecule has 2 aromatic rings. The minimum Gasteiger partial charge on any atom is -0.352 e. The van der Waals surface area contributed by atoms with Gasteiger partial charge in [-0.05, 0) is 59.0 Å². The zero-order chi connectivity index (χ0) is 21.5. The maximum atomic E-state index is 13.1. The van der Waals surface area contributed by atoms with Crippen LogP contribution in [0.2, 0.25) is 0 Å². The highest BCUT2D eigenvalue weighted by atomic mass is 32.2. The van der Waals surface area contributed by atoms with Crippen LogP contribution in [0.25, 0.3) is 10.9 Å². The number of amides is 1. The highest BCUT2D eigenvalue weighted by Gasteiger charge is 2.22. The quantitative estimate of drug-likeness (QED) is 0.393. The Kier molecular flexibility index (Phi) is 8.33. The third kappa shape index (κ3) is 6.08. The molecule has 3 rings (SSSR count). The first kappa shape index (κ1) is 22.8.